The third-order valence-electron chi connectivity index (χ3n) is 6.28. The summed E-state index contributed by atoms with van der Waals surface area (Å²) in [7, 11) is -0.488. The lowest BCUT2D eigenvalue weighted by atomic mass is 10.1. The van der Waals surface area contributed by atoms with Crippen LogP contribution in [0.3, 0.4) is 0 Å². The Hall–Kier alpha value is -3.56. The molecule has 1 saturated heterocycles. The molecule has 0 spiro atoms. The lowest BCUT2D eigenvalue weighted by Crippen LogP contribution is -2.55. The molecule has 0 saturated carbocycles. The van der Waals surface area contributed by atoms with Crippen molar-refractivity contribution in [1.29, 1.82) is 0 Å². The highest BCUT2D eigenvalue weighted by atomic mass is 32.2. The molecular formula is C26H27N3O5S. The van der Waals surface area contributed by atoms with Crippen molar-refractivity contribution >= 4 is 21.5 Å². The predicted molar refractivity (Wildman–Crippen MR) is 134 cm³/mol. The molecule has 2 aliphatic heterocycles. The maximum Gasteiger partial charge on any atom is 0.243 e. The summed E-state index contributed by atoms with van der Waals surface area (Å²) in [5.41, 5.74) is 1.51. The molecule has 182 valence electrons. The molecule has 0 N–H and O–H groups in total. The molecular weight excluding hydrogens is 466 g/mol. The zero-order valence-electron chi connectivity index (χ0n) is 19.8. The van der Waals surface area contributed by atoms with Gasteiger partial charge in [0.15, 0.2) is 17.2 Å². The van der Waals surface area contributed by atoms with Gasteiger partial charge in [-0.15, -0.1) is 0 Å². The average Bonchev–Trinajstić information content (AvgIpc) is 3.05. The van der Waals surface area contributed by atoms with Gasteiger partial charge in [-0.1, -0.05) is 18.2 Å². The number of piperazine rings is 1. The number of nitrogens with zero attached hydrogens (tertiary/aromatic N) is 3. The summed E-state index contributed by atoms with van der Waals surface area (Å²) in [5, 5.41) is 0. The third kappa shape index (κ3) is 4.21. The zero-order valence-corrected chi connectivity index (χ0v) is 20.7. The number of rotatable bonds is 4. The molecule has 0 amide bonds. The van der Waals surface area contributed by atoms with Crippen molar-refractivity contribution < 1.29 is 22.6 Å². The van der Waals surface area contributed by atoms with Crippen LogP contribution in [-0.4, -0.2) is 63.4 Å². The van der Waals surface area contributed by atoms with Crippen LogP contribution in [0.4, 0.5) is 5.69 Å². The standard InChI is InChI=1S/C26H27N3O5S/c1-18-17-28(15-16-29(18)35(30,31)20-13-11-19(32-2)12-14-20)26-21-7-6-10-24(33-3)25(21)34-23-9-5-4-8-22(23)27-26/h4-14,18H,15-17H2,1-3H3/t18-/m1/s1. The van der Waals surface area contributed by atoms with Crippen LogP contribution in [0.1, 0.15) is 12.5 Å². The molecule has 1 fully saturated rings. The second-order valence-electron chi connectivity index (χ2n) is 8.43. The van der Waals surface area contributed by atoms with Crippen molar-refractivity contribution in [2.75, 3.05) is 33.9 Å². The lowest BCUT2D eigenvalue weighted by Gasteiger charge is -2.40. The number of sulfonamides is 1. The maximum absolute atomic E-state index is 13.4. The van der Waals surface area contributed by atoms with Crippen LogP contribution in [0.25, 0.3) is 0 Å². The van der Waals surface area contributed by atoms with Crippen molar-refractivity contribution in [1.82, 2.24) is 9.21 Å². The van der Waals surface area contributed by atoms with Crippen LogP contribution in [0, 0.1) is 0 Å². The van der Waals surface area contributed by atoms with Crippen LogP contribution < -0.4 is 14.2 Å². The lowest BCUT2D eigenvalue weighted by molar-refractivity contribution is 0.205. The quantitative estimate of drug-likeness (QED) is 0.540. The largest absolute Gasteiger partial charge is 0.497 e. The monoisotopic (exact) mass is 493 g/mol. The summed E-state index contributed by atoms with van der Waals surface area (Å²) in [4.78, 5) is 7.33. The van der Waals surface area contributed by atoms with Gasteiger partial charge in [0, 0.05) is 25.7 Å². The normalized spacial score (nSPS) is 18.0. The molecule has 9 heteroatoms. The minimum atomic E-state index is -3.65. The molecule has 8 nitrogen and oxygen atoms in total. The molecule has 3 aromatic rings. The molecule has 1 atom stereocenters. The topological polar surface area (TPSA) is 80.7 Å². The fourth-order valence-corrected chi connectivity index (χ4v) is 6.11. The third-order valence-corrected chi connectivity index (χ3v) is 8.30. The zero-order chi connectivity index (χ0) is 24.6. The molecule has 0 aliphatic carbocycles. The van der Waals surface area contributed by atoms with E-state index in [1.54, 1.807) is 42.8 Å². The maximum atomic E-state index is 13.4. The van der Waals surface area contributed by atoms with Gasteiger partial charge in [-0.3, -0.25) is 0 Å². The van der Waals surface area contributed by atoms with Crippen LogP contribution in [-0.2, 0) is 10.0 Å². The molecule has 0 unspecified atom stereocenters. The van der Waals surface area contributed by atoms with Gasteiger partial charge >= 0.3 is 0 Å². The molecule has 2 aliphatic rings. The summed E-state index contributed by atoms with van der Waals surface area (Å²) in [5.74, 6) is 3.20. The van der Waals surface area contributed by atoms with Gasteiger partial charge in [0.05, 0.1) is 24.7 Å². The highest BCUT2D eigenvalue weighted by Gasteiger charge is 2.36. The van der Waals surface area contributed by atoms with Crippen LogP contribution in [0.2, 0.25) is 0 Å². The number of methoxy groups -OCH3 is 2. The Labute approximate surface area is 205 Å². The summed E-state index contributed by atoms with van der Waals surface area (Å²) < 4.78 is 45.3. The molecule has 0 radical (unpaired) electrons. The number of hydrogen-bond donors (Lipinski definition) is 0. The van der Waals surface area contributed by atoms with Crippen molar-refractivity contribution in [3.05, 3.63) is 72.3 Å². The minimum Gasteiger partial charge on any atom is -0.497 e. The Morgan fingerprint density at radius 1 is 0.943 bits per heavy atom. The molecule has 3 aromatic carbocycles. The summed E-state index contributed by atoms with van der Waals surface area (Å²) >= 11 is 0. The highest BCUT2D eigenvalue weighted by molar-refractivity contribution is 7.89. The number of para-hydroxylation sites is 3. The van der Waals surface area contributed by atoms with E-state index in [2.05, 4.69) is 4.90 Å². The SMILES string of the molecule is COc1ccc(S(=O)(=O)N2CCN(C3=Nc4ccccc4Oc4c(OC)cccc43)C[C@H]2C)cc1. The van der Waals surface area contributed by atoms with Crippen LogP contribution in [0.5, 0.6) is 23.0 Å². The van der Waals surface area contributed by atoms with Crippen molar-refractivity contribution in [2.45, 2.75) is 17.9 Å². The van der Waals surface area contributed by atoms with Gasteiger partial charge in [-0.05, 0) is 55.5 Å². The first-order valence-corrected chi connectivity index (χ1v) is 12.8. The summed E-state index contributed by atoms with van der Waals surface area (Å²) in [6, 6.07) is 19.5. The van der Waals surface area contributed by atoms with Crippen molar-refractivity contribution in [2.24, 2.45) is 4.99 Å². The van der Waals surface area contributed by atoms with E-state index in [9.17, 15) is 8.42 Å². The van der Waals surface area contributed by atoms with Gasteiger partial charge in [-0.25, -0.2) is 13.4 Å². The molecule has 5 rings (SSSR count). The molecule has 35 heavy (non-hydrogen) atoms. The number of fused-ring (bicyclic) bond motifs is 2. The Morgan fingerprint density at radius 2 is 1.71 bits per heavy atom. The number of amidine groups is 1. The minimum absolute atomic E-state index is 0.253. The number of ether oxygens (including phenoxy) is 3. The van der Waals surface area contributed by atoms with Gasteiger partial charge in [-0.2, -0.15) is 4.31 Å². The van der Waals surface area contributed by atoms with Gasteiger partial charge in [0.25, 0.3) is 0 Å². The second kappa shape index (κ2) is 9.24. The van der Waals surface area contributed by atoms with E-state index >= 15 is 0 Å². The predicted octanol–water partition coefficient (Wildman–Crippen LogP) is 4.28. The number of benzene rings is 3. The summed E-state index contributed by atoms with van der Waals surface area (Å²) in [6.07, 6.45) is 0. The van der Waals surface area contributed by atoms with Crippen LogP contribution >= 0.6 is 0 Å². The fourth-order valence-electron chi connectivity index (χ4n) is 4.49. The summed E-state index contributed by atoms with van der Waals surface area (Å²) in [6.45, 7) is 3.21. The van der Waals surface area contributed by atoms with E-state index in [1.165, 1.54) is 0 Å². The van der Waals surface area contributed by atoms with E-state index in [1.807, 2.05) is 49.4 Å². The van der Waals surface area contributed by atoms with E-state index in [0.29, 0.717) is 48.3 Å². The van der Waals surface area contributed by atoms with Gasteiger partial charge < -0.3 is 19.1 Å². The van der Waals surface area contributed by atoms with Crippen molar-refractivity contribution in [3.8, 4) is 23.0 Å². The average molecular weight is 494 g/mol. The number of hydrogen-bond acceptors (Lipinski definition) is 7. The highest BCUT2D eigenvalue weighted by Crippen LogP contribution is 2.43. The Balaban J connectivity index is 1.47. The van der Waals surface area contributed by atoms with E-state index in [4.69, 9.17) is 19.2 Å². The first-order chi connectivity index (χ1) is 16.9. The van der Waals surface area contributed by atoms with E-state index < -0.39 is 10.0 Å². The second-order valence-corrected chi connectivity index (χ2v) is 10.3. The molecule has 2 heterocycles. The van der Waals surface area contributed by atoms with Gasteiger partial charge in [0.1, 0.15) is 17.3 Å². The van der Waals surface area contributed by atoms with Crippen molar-refractivity contribution in [3.63, 3.8) is 0 Å². The fraction of sp³-hybridized carbons (Fsp3) is 0.269. The van der Waals surface area contributed by atoms with E-state index in [-0.39, 0.29) is 10.9 Å². The Bertz CT molecular complexity index is 1370. The first-order valence-electron chi connectivity index (χ1n) is 11.4. The molecule has 0 bridgehead atoms. The molecule has 0 aromatic heterocycles. The number of aliphatic imine (C=N–C) groups is 1. The van der Waals surface area contributed by atoms with E-state index in [0.717, 1.165) is 11.4 Å². The van der Waals surface area contributed by atoms with Gasteiger partial charge in [0.2, 0.25) is 10.0 Å². The smallest absolute Gasteiger partial charge is 0.243 e. The Morgan fingerprint density at radius 3 is 2.43 bits per heavy atom. The van der Waals surface area contributed by atoms with Crippen LogP contribution in [0.15, 0.2) is 76.6 Å². The first kappa shape index (κ1) is 23.2. The Kier molecular flexibility index (Phi) is 6.12.